The summed E-state index contributed by atoms with van der Waals surface area (Å²) in [6.45, 7) is 1.01. The first-order chi connectivity index (χ1) is 8.54. The van der Waals surface area contributed by atoms with Crippen molar-refractivity contribution in [3.8, 4) is 12.3 Å². The van der Waals surface area contributed by atoms with E-state index in [4.69, 9.17) is 6.42 Å². The third-order valence-electron chi connectivity index (χ3n) is 2.05. The Morgan fingerprint density at radius 2 is 2.22 bits per heavy atom. The molecule has 0 heterocycles. The molecule has 0 aliphatic carbocycles. The summed E-state index contributed by atoms with van der Waals surface area (Å²) in [5.74, 6) is 0.383. The van der Waals surface area contributed by atoms with E-state index < -0.39 is 17.6 Å². The summed E-state index contributed by atoms with van der Waals surface area (Å²) < 4.78 is 17.6. The van der Waals surface area contributed by atoms with Gasteiger partial charge in [-0.1, -0.05) is 18.1 Å². The number of hydrogen-bond donors (Lipinski definition) is 0. The number of rotatable bonds is 4. The van der Waals surface area contributed by atoms with Crippen molar-refractivity contribution >= 4 is 17.8 Å². The number of hydrogen-bond acceptors (Lipinski definition) is 3. The lowest BCUT2D eigenvalue weighted by atomic mass is 10.1. The van der Waals surface area contributed by atoms with Crippen LogP contribution in [-0.4, -0.2) is 18.4 Å². The van der Waals surface area contributed by atoms with E-state index in [1.54, 1.807) is 6.07 Å². The zero-order chi connectivity index (χ0) is 13.5. The molecule has 1 aromatic rings. The SMILES string of the molecule is C#CCOC(=O)C(=Cc1cccc(F)c1)C(C)=O. The lowest BCUT2D eigenvalue weighted by molar-refractivity contribution is -0.138. The van der Waals surface area contributed by atoms with E-state index in [0.717, 1.165) is 0 Å². The van der Waals surface area contributed by atoms with Gasteiger partial charge < -0.3 is 4.74 Å². The number of Topliss-reactive ketones (excluding diaryl/α,β-unsaturated/α-hetero) is 1. The van der Waals surface area contributed by atoms with Crippen LogP contribution in [0.25, 0.3) is 6.08 Å². The molecule has 0 amide bonds. The predicted molar refractivity (Wildman–Crippen MR) is 64.9 cm³/mol. The number of benzene rings is 1. The van der Waals surface area contributed by atoms with Crippen molar-refractivity contribution in [3.63, 3.8) is 0 Å². The van der Waals surface area contributed by atoms with Gasteiger partial charge in [0.2, 0.25) is 0 Å². The molecule has 3 nitrogen and oxygen atoms in total. The van der Waals surface area contributed by atoms with E-state index in [1.165, 1.54) is 31.2 Å². The topological polar surface area (TPSA) is 43.4 Å². The molecule has 0 fully saturated rings. The molecular formula is C14H11FO3. The third kappa shape index (κ3) is 3.87. The van der Waals surface area contributed by atoms with E-state index >= 15 is 0 Å². The highest BCUT2D eigenvalue weighted by molar-refractivity contribution is 6.19. The standard InChI is InChI=1S/C14H11FO3/c1-3-7-18-14(17)13(10(2)16)9-11-5-4-6-12(15)8-11/h1,4-6,8-9H,7H2,2H3. The molecule has 0 radical (unpaired) electrons. The number of ketones is 1. The first kappa shape index (κ1) is 13.7. The molecule has 1 rings (SSSR count). The van der Waals surface area contributed by atoms with Crippen molar-refractivity contribution in [3.05, 3.63) is 41.2 Å². The molecule has 0 saturated heterocycles. The number of esters is 1. The number of carbonyl (C=O) groups is 2. The molecule has 92 valence electrons. The normalized spacial score (nSPS) is 10.6. The van der Waals surface area contributed by atoms with Crippen LogP contribution in [0.1, 0.15) is 12.5 Å². The Hall–Kier alpha value is -2.41. The van der Waals surface area contributed by atoms with Crippen LogP contribution >= 0.6 is 0 Å². The number of ether oxygens (including phenoxy) is 1. The minimum absolute atomic E-state index is 0.171. The summed E-state index contributed by atoms with van der Waals surface area (Å²) in [6, 6.07) is 5.52. The van der Waals surface area contributed by atoms with Gasteiger partial charge in [0.05, 0.1) is 0 Å². The summed E-state index contributed by atoms with van der Waals surface area (Å²) >= 11 is 0. The van der Waals surface area contributed by atoms with Gasteiger partial charge >= 0.3 is 5.97 Å². The second-order valence-electron chi connectivity index (χ2n) is 3.45. The van der Waals surface area contributed by atoms with Crippen LogP contribution in [0.2, 0.25) is 0 Å². The van der Waals surface area contributed by atoms with Gasteiger partial charge in [0.15, 0.2) is 12.4 Å². The van der Waals surface area contributed by atoms with Gasteiger partial charge in [-0.2, -0.15) is 0 Å². The molecule has 0 spiro atoms. The van der Waals surface area contributed by atoms with Crippen molar-refractivity contribution in [2.24, 2.45) is 0 Å². The van der Waals surface area contributed by atoms with Gasteiger partial charge in [0.1, 0.15) is 11.4 Å². The lowest BCUT2D eigenvalue weighted by Crippen LogP contribution is -2.13. The maximum atomic E-state index is 13.0. The number of carbonyl (C=O) groups excluding carboxylic acids is 2. The minimum Gasteiger partial charge on any atom is -0.449 e. The van der Waals surface area contributed by atoms with Gasteiger partial charge in [-0.25, -0.2) is 9.18 Å². The maximum Gasteiger partial charge on any atom is 0.342 e. The molecule has 18 heavy (non-hydrogen) atoms. The highest BCUT2D eigenvalue weighted by atomic mass is 19.1. The van der Waals surface area contributed by atoms with Crippen molar-refractivity contribution in [2.75, 3.05) is 6.61 Å². The average Bonchev–Trinajstić information content (AvgIpc) is 2.32. The zero-order valence-corrected chi connectivity index (χ0v) is 9.77. The Kier molecular flexibility index (Phi) is 4.82. The van der Waals surface area contributed by atoms with Crippen LogP contribution in [0.15, 0.2) is 29.8 Å². The van der Waals surface area contributed by atoms with Crippen LogP contribution in [-0.2, 0) is 14.3 Å². The van der Waals surface area contributed by atoms with E-state index in [2.05, 4.69) is 10.7 Å². The van der Waals surface area contributed by atoms with Crippen molar-refractivity contribution in [1.29, 1.82) is 0 Å². The molecule has 0 aliphatic rings. The summed E-state index contributed by atoms with van der Waals surface area (Å²) in [6.07, 6.45) is 6.21. The smallest absolute Gasteiger partial charge is 0.342 e. The molecule has 4 heteroatoms. The molecule has 0 atom stereocenters. The highest BCUT2D eigenvalue weighted by Gasteiger charge is 2.15. The van der Waals surface area contributed by atoms with Crippen LogP contribution < -0.4 is 0 Å². The van der Waals surface area contributed by atoms with Gasteiger partial charge in [-0.15, -0.1) is 6.42 Å². The Bertz CT molecular complexity index is 538. The van der Waals surface area contributed by atoms with Gasteiger partial charge in [0.25, 0.3) is 0 Å². The number of halogens is 1. The minimum atomic E-state index is -0.815. The first-order valence-corrected chi connectivity index (χ1v) is 5.13. The maximum absolute atomic E-state index is 13.0. The molecular weight excluding hydrogens is 235 g/mol. The molecule has 0 aliphatic heterocycles. The Balaban J connectivity index is 3.02. The molecule has 0 N–H and O–H groups in total. The Morgan fingerprint density at radius 1 is 1.50 bits per heavy atom. The van der Waals surface area contributed by atoms with Gasteiger partial charge in [0, 0.05) is 0 Å². The number of terminal acetylenes is 1. The quantitative estimate of drug-likeness (QED) is 0.268. The van der Waals surface area contributed by atoms with Crippen molar-refractivity contribution < 1.29 is 18.7 Å². The van der Waals surface area contributed by atoms with Crippen LogP contribution in [0.4, 0.5) is 4.39 Å². The summed E-state index contributed by atoms with van der Waals surface area (Å²) in [4.78, 5) is 22.9. The molecule has 1 aromatic carbocycles. The van der Waals surface area contributed by atoms with E-state index in [-0.39, 0.29) is 12.2 Å². The fraction of sp³-hybridized carbons (Fsp3) is 0.143. The molecule has 0 bridgehead atoms. The van der Waals surface area contributed by atoms with Crippen molar-refractivity contribution in [2.45, 2.75) is 6.92 Å². The Labute approximate surface area is 104 Å². The van der Waals surface area contributed by atoms with Crippen LogP contribution in [0.5, 0.6) is 0 Å². The highest BCUT2D eigenvalue weighted by Crippen LogP contribution is 2.11. The van der Waals surface area contributed by atoms with Crippen LogP contribution in [0.3, 0.4) is 0 Å². The monoisotopic (exact) mass is 246 g/mol. The lowest BCUT2D eigenvalue weighted by Gasteiger charge is -2.03. The summed E-state index contributed by atoms with van der Waals surface area (Å²) in [5.41, 5.74) is 0.230. The third-order valence-corrected chi connectivity index (χ3v) is 2.05. The van der Waals surface area contributed by atoms with E-state index in [9.17, 15) is 14.0 Å². The van der Waals surface area contributed by atoms with Gasteiger partial charge in [-0.05, 0) is 30.7 Å². The average molecular weight is 246 g/mol. The fourth-order valence-corrected chi connectivity index (χ4v) is 1.25. The summed E-state index contributed by atoms with van der Waals surface area (Å²) in [5, 5.41) is 0. The van der Waals surface area contributed by atoms with Crippen LogP contribution in [0, 0.1) is 18.2 Å². The summed E-state index contributed by atoms with van der Waals surface area (Å²) in [7, 11) is 0. The van der Waals surface area contributed by atoms with E-state index in [1.807, 2.05) is 0 Å². The Morgan fingerprint density at radius 3 is 2.78 bits per heavy atom. The molecule has 0 aromatic heterocycles. The molecule has 0 saturated carbocycles. The largest absolute Gasteiger partial charge is 0.449 e. The van der Waals surface area contributed by atoms with Crippen molar-refractivity contribution in [1.82, 2.24) is 0 Å². The zero-order valence-electron chi connectivity index (χ0n) is 9.77. The fourth-order valence-electron chi connectivity index (χ4n) is 1.25. The van der Waals surface area contributed by atoms with Gasteiger partial charge in [-0.3, -0.25) is 4.79 Å². The second-order valence-corrected chi connectivity index (χ2v) is 3.45. The first-order valence-electron chi connectivity index (χ1n) is 5.13. The molecule has 0 unspecified atom stereocenters. The van der Waals surface area contributed by atoms with E-state index in [0.29, 0.717) is 5.56 Å². The predicted octanol–water partition coefficient (Wildman–Crippen LogP) is 1.97. The second kappa shape index (κ2) is 6.36.